The van der Waals surface area contributed by atoms with Crippen LogP contribution in [0.5, 0.6) is 0 Å². The summed E-state index contributed by atoms with van der Waals surface area (Å²) in [7, 11) is 0. The molecule has 1 amide bonds. The SMILES string of the molecule is CCOC(=O)c1csc(CN(C(=O)c2ccc(C(C)(C)C)cc2)C(C)C)n1. The molecule has 0 atom stereocenters. The summed E-state index contributed by atoms with van der Waals surface area (Å²) in [5.41, 5.74) is 2.18. The van der Waals surface area contributed by atoms with E-state index in [4.69, 9.17) is 4.74 Å². The van der Waals surface area contributed by atoms with Crippen molar-refractivity contribution in [2.45, 2.75) is 59.5 Å². The molecular weight excluding hydrogens is 360 g/mol. The summed E-state index contributed by atoms with van der Waals surface area (Å²) in [6.07, 6.45) is 0. The number of aromatic nitrogens is 1. The Bertz CT molecular complexity index is 789. The molecular formula is C21H28N2O3S. The Morgan fingerprint density at radius 1 is 1.19 bits per heavy atom. The first-order valence-corrected chi connectivity index (χ1v) is 10.0. The summed E-state index contributed by atoms with van der Waals surface area (Å²) in [6.45, 7) is 12.8. The fraction of sp³-hybridized carbons (Fsp3) is 0.476. The molecule has 6 heteroatoms. The number of nitrogens with zero attached hydrogens (tertiary/aromatic N) is 2. The van der Waals surface area contributed by atoms with Gasteiger partial charge < -0.3 is 9.64 Å². The third-order valence-corrected chi connectivity index (χ3v) is 5.06. The van der Waals surface area contributed by atoms with Crippen LogP contribution < -0.4 is 0 Å². The molecule has 146 valence electrons. The van der Waals surface area contributed by atoms with Gasteiger partial charge in [-0.3, -0.25) is 4.79 Å². The Morgan fingerprint density at radius 2 is 1.81 bits per heavy atom. The average Bonchev–Trinajstić information content (AvgIpc) is 3.07. The normalized spacial score (nSPS) is 11.5. The van der Waals surface area contributed by atoms with Gasteiger partial charge in [-0.05, 0) is 43.9 Å². The third-order valence-electron chi connectivity index (χ3n) is 4.22. The zero-order valence-electron chi connectivity index (χ0n) is 16.9. The molecule has 5 nitrogen and oxygen atoms in total. The van der Waals surface area contributed by atoms with E-state index >= 15 is 0 Å². The summed E-state index contributed by atoms with van der Waals surface area (Å²) in [5.74, 6) is -0.474. The van der Waals surface area contributed by atoms with E-state index in [9.17, 15) is 9.59 Å². The average molecular weight is 389 g/mol. The zero-order chi connectivity index (χ0) is 20.2. The second-order valence-corrected chi connectivity index (χ2v) is 8.64. The number of thiazole rings is 1. The van der Waals surface area contributed by atoms with E-state index < -0.39 is 5.97 Å². The Morgan fingerprint density at radius 3 is 2.33 bits per heavy atom. The molecule has 0 N–H and O–H groups in total. The summed E-state index contributed by atoms with van der Waals surface area (Å²) < 4.78 is 4.97. The topological polar surface area (TPSA) is 59.5 Å². The highest BCUT2D eigenvalue weighted by Gasteiger charge is 2.22. The van der Waals surface area contributed by atoms with Crippen LogP contribution in [-0.2, 0) is 16.7 Å². The minimum atomic E-state index is -0.430. The molecule has 1 aromatic heterocycles. The van der Waals surface area contributed by atoms with E-state index in [-0.39, 0.29) is 17.4 Å². The van der Waals surface area contributed by atoms with E-state index in [1.807, 2.05) is 38.1 Å². The van der Waals surface area contributed by atoms with Crippen LogP contribution in [0.3, 0.4) is 0 Å². The lowest BCUT2D eigenvalue weighted by atomic mass is 9.86. The quantitative estimate of drug-likeness (QED) is 0.675. The summed E-state index contributed by atoms with van der Waals surface area (Å²) in [6, 6.07) is 7.78. The highest BCUT2D eigenvalue weighted by molar-refractivity contribution is 7.09. The van der Waals surface area contributed by atoms with E-state index in [1.165, 1.54) is 16.9 Å². The van der Waals surface area contributed by atoms with Gasteiger partial charge >= 0.3 is 5.97 Å². The molecule has 1 aromatic carbocycles. The van der Waals surface area contributed by atoms with Gasteiger partial charge in [-0.2, -0.15) is 0 Å². The Balaban J connectivity index is 2.17. The maximum absolute atomic E-state index is 13.0. The van der Waals surface area contributed by atoms with Crippen LogP contribution >= 0.6 is 11.3 Å². The number of rotatable bonds is 6. The van der Waals surface area contributed by atoms with Crippen LogP contribution in [0.2, 0.25) is 0 Å². The number of carbonyl (C=O) groups is 2. The van der Waals surface area contributed by atoms with E-state index in [1.54, 1.807) is 17.2 Å². The first kappa shape index (κ1) is 21.1. The number of hydrogen-bond acceptors (Lipinski definition) is 5. The van der Waals surface area contributed by atoms with Gasteiger partial charge in [-0.1, -0.05) is 32.9 Å². The molecule has 0 aliphatic rings. The van der Waals surface area contributed by atoms with Crippen molar-refractivity contribution in [3.63, 3.8) is 0 Å². The van der Waals surface area contributed by atoms with E-state index in [0.717, 1.165) is 0 Å². The van der Waals surface area contributed by atoms with Crippen LogP contribution in [0.1, 0.15) is 73.0 Å². The zero-order valence-corrected chi connectivity index (χ0v) is 17.7. The lowest BCUT2D eigenvalue weighted by Gasteiger charge is -2.26. The number of carbonyl (C=O) groups excluding carboxylic acids is 2. The number of hydrogen-bond donors (Lipinski definition) is 0. The van der Waals surface area contributed by atoms with Crippen molar-refractivity contribution in [3.8, 4) is 0 Å². The minimum absolute atomic E-state index is 0.00901. The molecule has 0 radical (unpaired) electrons. The Labute approximate surface area is 165 Å². The fourth-order valence-electron chi connectivity index (χ4n) is 2.60. The maximum Gasteiger partial charge on any atom is 0.357 e. The van der Waals surface area contributed by atoms with Gasteiger partial charge in [0.25, 0.3) is 5.91 Å². The highest BCUT2D eigenvalue weighted by Crippen LogP contribution is 2.23. The van der Waals surface area contributed by atoms with Crippen LogP contribution in [0, 0.1) is 0 Å². The molecule has 0 fully saturated rings. The predicted octanol–water partition coefficient (Wildman–Crippen LogP) is 4.67. The van der Waals surface area contributed by atoms with Crippen molar-refractivity contribution in [3.05, 3.63) is 51.5 Å². The maximum atomic E-state index is 13.0. The van der Waals surface area contributed by atoms with Crippen molar-refractivity contribution in [1.82, 2.24) is 9.88 Å². The second kappa shape index (κ2) is 8.65. The van der Waals surface area contributed by atoms with Gasteiger partial charge in [0.1, 0.15) is 5.01 Å². The minimum Gasteiger partial charge on any atom is -0.461 e. The van der Waals surface area contributed by atoms with Crippen LogP contribution in [-0.4, -0.2) is 34.4 Å². The Hall–Kier alpha value is -2.21. The lowest BCUT2D eigenvalue weighted by Crippen LogP contribution is -2.36. The first-order valence-electron chi connectivity index (χ1n) is 9.16. The van der Waals surface area contributed by atoms with Crippen molar-refractivity contribution in [1.29, 1.82) is 0 Å². The molecule has 2 aromatic rings. The van der Waals surface area contributed by atoms with Gasteiger partial charge in [0, 0.05) is 17.0 Å². The van der Waals surface area contributed by atoms with Crippen LogP contribution in [0.15, 0.2) is 29.6 Å². The third kappa shape index (κ3) is 5.39. The summed E-state index contributed by atoms with van der Waals surface area (Å²) in [4.78, 5) is 30.9. The van der Waals surface area contributed by atoms with Gasteiger partial charge in [-0.25, -0.2) is 9.78 Å². The molecule has 0 aliphatic heterocycles. The number of benzene rings is 1. The summed E-state index contributed by atoms with van der Waals surface area (Å²) >= 11 is 1.36. The number of amides is 1. The van der Waals surface area contributed by atoms with Gasteiger partial charge in [0.05, 0.1) is 13.2 Å². The molecule has 0 unspecified atom stereocenters. The molecule has 0 saturated carbocycles. The molecule has 0 spiro atoms. The van der Waals surface area contributed by atoms with Crippen molar-refractivity contribution in [2.75, 3.05) is 6.61 Å². The highest BCUT2D eigenvalue weighted by atomic mass is 32.1. The van der Waals surface area contributed by atoms with Gasteiger partial charge in [0.2, 0.25) is 0 Å². The molecule has 27 heavy (non-hydrogen) atoms. The van der Waals surface area contributed by atoms with Crippen molar-refractivity contribution >= 4 is 23.2 Å². The van der Waals surface area contributed by atoms with E-state index in [2.05, 4.69) is 25.8 Å². The molecule has 0 bridgehead atoms. The first-order chi connectivity index (χ1) is 12.6. The number of ether oxygens (including phenoxy) is 1. The van der Waals surface area contributed by atoms with Gasteiger partial charge in [0.15, 0.2) is 5.69 Å². The fourth-order valence-corrected chi connectivity index (χ4v) is 3.36. The smallest absolute Gasteiger partial charge is 0.357 e. The largest absolute Gasteiger partial charge is 0.461 e. The summed E-state index contributed by atoms with van der Waals surface area (Å²) in [5, 5.41) is 2.39. The van der Waals surface area contributed by atoms with Crippen molar-refractivity contribution in [2.24, 2.45) is 0 Å². The monoisotopic (exact) mass is 388 g/mol. The van der Waals surface area contributed by atoms with E-state index in [0.29, 0.717) is 29.4 Å². The molecule has 0 aliphatic carbocycles. The Kier molecular flexibility index (Phi) is 6.76. The van der Waals surface area contributed by atoms with Crippen LogP contribution in [0.4, 0.5) is 0 Å². The molecule has 1 heterocycles. The standard InChI is InChI=1S/C21H28N2O3S/c1-7-26-20(25)17-13-27-18(22-17)12-23(14(2)3)19(24)15-8-10-16(11-9-15)21(4,5)6/h8-11,13-14H,7,12H2,1-6H3. The molecule has 0 saturated heterocycles. The number of esters is 1. The van der Waals surface area contributed by atoms with Crippen LogP contribution in [0.25, 0.3) is 0 Å². The lowest BCUT2D eigenvalue weighted by molar-refractivity contribution is 0.0520. The van der Waals surface area contributed by atoms with Crippen molar-refractivity contribution < 1.29 is 14.3 Å². The second-order valence-electron chi connectivity index (χ2n) is 7.70. The van der Waals surface area contributed by atoms with Gasteiger partial charge in [-0.15, -0.1) is 11.3 Å². The molecule has 2 rings (SSSR count). The predicted molar refractivity (Wildman–Crippen MR) is 108 cm³/mol.